The average molecular weight is 421 g/mol. The number of anilines is 1. The van der Waals surface area contributed by atoms with Gasteiger partial charge in [0.1, 0.15) is 5.60 Å². The Morgan fingerprint density at radius 3 is 2.67 bits per heavy atom. The molecule has 0 fully saturated rings. The van der Waals surface area contributed by atoms with Crippen LogP contribution in [-0.2, 0) is 15.2 Å². The average Bonchev–Trinajstić information content (AvgIpc) is 3.36. The maximum absolute atomic E-state index is 12.3. The maximum Gasteiger partial charge on any atom is 0.313 e. The lowest BCUT2D eigenvalue weighted by molar-refractivity contribution is -0.136. The van der Waals surface area contributed by atoms with Gasteiger partial charge in [0, 0.05) is 21.2 Å². The highest BCUT2D eigenvalue weighted by Crippen LogP contribution is 2.33. The van der Waals surface area contributed by atoms with Crippen molar-refractivity contribution >= 4 is 51.8 Å². The Balaban J connectivity index is 1.71. The van der Waals surface area contributed by atoms with E-state index in [0.717, 1.165) is 5.56 Å². The summed E-state index contributed by atoms with van der Waals surface area (Å²) in [6, 6.07) is 10.5. The molecule has 2 heterocycles. The van der Waals surface area contributed by atoms with Gasteiger partial charge in [-0.2, -0.15) is 11.3 Å². The number of amides is 2. The number of hydrogen-bond acceptors (Lipinski definition) is 5. The lowest BCUT2D eigenvalue weighted by Gasteiger charge is -2.26. The molecular formula is C19H17ClN2O3S2. The first-order valence-electron chi connectivity index (χ1n) is 8.04. The van der Waals surface area contributed by atoms with E-state index in [9.17, 15) is 14.7 Å². The second kappa shape index (κ2) is 8.22. The summed E-state index contributed by atoms with van der Waals surface area (Å²) in [5, 5.41) is 22.2. The van der Waals surface area contributed by atoms with Crippen LogP contribution in [0.4, 0.5) is 5.69 Å². The second-order valence-corrected chi connectivity index (χ2v) is 8.11. The Morgan fingerprint density at radius 1 is 1.19 bits per heavy atom. The molecule has 1 aromatic carbocycles. The van der Waals surface area contributed by atoms with Crippen LogP contribution in [0.2, 0.25) is 5.02 Å². The van der Waals surface area contributed by atoms with Crippen molar-refractivity contribution in [1.82, 2.24) is 5.32 Å². The van der Waals surface area contributed by atoms with Gasteiger partial charge in [0.15, 0.2) is 0 Å². The van der Waals surface area contributed by atoms with Crippen molar-refractivity contribution in [2.75, 3.05) is 11.9 Å². The Bertz CT molecular complexity index is 906. The van der Waals surface area contributed by atoms with Gasteiger partial charge in [-0.25, -0.2) is 0 Å². The fourth-order valence-corrected chi connectivity index (χ4v) is 4.28. The molecule has 2 amide bonds. The number of hydrogen-bond donors (Lipinski definition) is 3. The molecule has 3 rings (SSSR count). The zero-order valence-electron chi connectivity index (χ0n) is 14.4. The molecule has 0 saturated heterocycles. The first-order chi connectivity index (χ1) is 12.9. The van der Waals surface area contributed by atoms with Gasteiger partial charge in [0.2, 0.25) is 0 Å². The highest BCUT2D eigenvalue weighted by atomic mass is 35.5. The van der Waals surface area contributed by atoms with Gasteiger partial charge in [-0.05, 0) is 52.9 Å². The molecule has 2 aromatic heterocycles. The van der Waals surface area contributed by atoms with E-state index in [-0.39, 0.29) is 6.54 Å². The molecule has 0 saturated carbocycles. The Kier molecular flexibility index (Phi) is 5.96. The highest BCUT2D eigenvalue weighted by Gasteiger charge is 2.34. The Hall–Kier alpha value is -2.19. The van der Waals surface area contributed by atoms with E-state index in [1.54, 1.807) is 37.3 Å². The normalized spacial score (nSPS) is 13.0. The lowest BCUT2D eigenvalue weighted by atomic mass is 9.94. The molecule has 27 heavy (non-hydrogen) atoms. The summed E-state index contributed by atoms with van der Waals surface area (Å²) < 4.78 is 0. The zero-order valence-corrected chi connectivity index (χ0v) is 16.8. The molecule has 0 aliphatic carbocycles. The van der Waals surface area contributed by atoms with Gasteiger partial charge < -0.3 is 15.7 Å². The van der Waals surface area contributed by atoms with E-state index in [1.165, 1.54) is 22.7 Å². The monoisotopic (exact) mass is 420 g/mol. The molecule has 0 bridgehead atoms. The molecule has 3 N–H and O–H groups in total. The number of aryl methyl sites for hydroxylation is 1. The molecule has 0 spiro atoms. The van der Waals surface area contributed by atoms with Crippen LogP contribution < -0.4 is 10.6 Å². The van der Waals surface area contributed by atoms with Crippen molar-refractivity contribution in [3.05, 3.63) is 73.6 Å². The van der Waals surface area contributed by atoms with Crippen molar-refractivity contribution < 1.29 is 14.7 Å². The lowest BCUT2D eigenvalue weighted by Crippen LogP contribution is -2.44. The van der Waals surface area contributed by atoms with E-state index < -0.39 is 17.4 Å². The summed E-state index contributed by atoms with van der Waals surface area (Å²) in [4.78, 5) is 25.2. The summed E-state index contributed by atoms with van der Waals surface area (Å²) in [5.74, 6) is -1.65. The molecule has 1 atom stereocenters. The predicted octanol–water partition coefficient (Wildman–Crippen LogP) is 3.76. The van der Waals surface area contributed by atoms with Crippen LogP contribution in [0.25, 0.3) is 0 Å². The third kappa shape index (κ3) is 4.39. The SMILES string of the molecule is Cc1ccc(Cl)cc1NC(=O)C(=O)NCC(O)(c1ccsc1)c1cccs1. The van der Waals surface area contributed by atoms with Gasteiger partial charge in [0.25, 0.3) is 0 Å². The molecule has 0 aliphatic rings. The molecule has 140 valence electrons. The van der Waals surface area contributed by atoms with Crippen LogP contribution in [0.3, 0.4) is 0 Å². The fourth-order valence-electron chi connectivity index (χ4n) is 2.54. The summed E-state index contributed by atoms with van der Waals surface area (Å²) >= 11 is 8.76. The van der Waals surface area contributed by atoms with Crippen LogP contribution in [0.15, 0.2) is 52.5 Å². The van der Waals surface area contributed by atoms with E-state index in [4.69, 9.17) is 11.6 Å². The number of aliphatic hydroxyl groups is 1. The standard InChI is InChI=1S/C19H17ClN2O3S2/c1-12-4-5-14(20)9-15(12)22-18(24)17(23)21-11-19(25,13-6-8-26-10-13)16-3-2-7-27-16/h2-10,25H,11H2,1H3,(H,21,23)(H,22,24). The fraction of sp³-hybridized carbons (Fsp3) is 0.158. The number of benzene rings is 1. The highest BCUT2D eigenvalue weighted by molar-refractivity contribution is 7.10. The maximum atomic E-state index is 12.3. The Labute approximate surface area is 169 Å². The third-order valence-corrected chi connectivity index (χ3v) is 6.03. The van der Waals surface area contributed by atoms with E-state index >= 15 is 0 Å². The molecule has 3 aromatic rings. The third-order valence-electron chi connectivity index (χ3n) is 4.09. The summed E-state index contributed by atoms with van der Waals surface area (Å²) in [6.45, 7) is 1.68. The van der Waals surface area contributed by atoms with Crippen LogP contribution in [0.5, 0.6) is 0 Å². The summed E-state index contributed by atoms with van der Waals surface area (Å²) in [5.41, 5.74) is 0.528. The van der Waals surface area contributed by atoms with Gasteiger partial charge in [-0.15, -0.1) is 11.3 Å². The first kappa shape index (κ1) is 19.6. The van der Waals surface area contributed by atoms with Crippen molar-refractivity contribution in [3.8, 4) is 0 Å². The second-order valence-electron chi connectivity index (χ2n) is 5.95. The topological polar surface area (TPSA) is 78.4 Å². The minimum atomic E-state index is -1.39. The van der Waals surface area contributed by atoms with Crippen molar-refractivity contribution in [2.45, 2.75) is 12.5 Å². The summed E-state index contributed by atoms with van der Waals surface area (Å²) in [7, 11) is 0. The molecule has 1 unspecified atom stereocenters. The largest absolute Gasteiger partial charge is 0.378 e. The molecule has 0 aliphatic heterocycles. The number of halogens is 1. The zero-order chi connectivity index (χ0) is 19.4. The quantitative estimate of drug-likeness (QED) is 0.550. The number of carbonyl (C=O) groups is 2. The van der Waals surface area contributed by atoms with Gasteiger partial charge >= 0.3 is 11.8 Å². The summed E-state index contributed by atoms with van der Waals surface area (Å²) in [6.07, 6.45) is 0. The van der Waals surface area contributed by atoms with Crippen molar-refractivity contribution in [2.24, 2.45) is 0 Å². The van der Waals surface area contributed by atoms with Crippen LogP contribution in [0.1, 0.15) is 16.0 Å². The number of carbonyl (C=O) groups excluding carboxylic acids is 2. The minimum Gasteiger partial charge on any atom is -0.378 e. The smallest absolute Gasteiger partial charge is 0.313 e. The number of nitrogens with one attached hydrogen (secondary N) is 2. The van der Waals surface area contributed by atoms with Gasteiger partial charge in [0.05, 0.1) is 6.54 Å². The molecule has 5 nitrogen and oxygen atoms in total. The van der Waals surface area contributed by atoms with Crippen molar-refractivity contribution in [1.29, 1.82) is 0 Å². The number of thiophene rings is 2. The van der Waals surface area contributed by atoms with Gasteiger partial charge in [-0.1, -0.05) is 23.7 Å². The predicted molar refractivity (Wildman–Crippen MR) is 109 cm³/mol. The van der Waals surface area contributed by atoms with E-state index in [2.05, 4.69) is 10.6 Å². The van der Waals surface area contributed by atoms with Crippen LogP contribution in [0, 0.1) is 6.92 Å². The number of rotatable bonds is 5. The van der Waals surface area contributed by atoms with Crippen LogP contribution in [-0.4, -0.2) is 23.5 Å². The van der Waals surface area contributed by atoms with E-state index in [1.807, 2.05) is 22.2 Å². The molecule has 0 radical (unpaired) electrons. The van der Waals surface area contributed by atoms with Crippen LogP contribution >= 0.6 is 34.3 Å². The minimum absolute atomic E-state index is 0.120. The Morgan fingerprint density at radius 2 is 2.00 bits per heavy atom. The first-order valence-corrected chi connectivity index (χ1v) is 10.2. The van der Waals surface area contributed by atoms with Gasteiger partial charge in [-0.3, -0.25) is 9.59 Å². The molecular weight excluding hydrogens is 404 g/mol. The molecule has 8 heteroatoms. The van der Waals surface area contributed by atoms with E-state index in [0.29, 0.717) is 21.2 Å². The van der Waals surface area contributed by atoms with Crippen molar-refractivity contribution in [3.63, 3.8) is 0 Å².